The standard InChI is InChI=1S/C22H26Cl2FNO5/c23-15-7-6-13(8-16(15)24)11-30-17-9-14-18(21(14,25)19(27)28)22(17,26)20(29)31-10-12-4-2-1-3-5-12/h6-8,12,14,17-18H,1-5,9-11,26H2,(H,27,28)/t14-,17-,18+,21-,22+/m1/s1. The molecule has 0 amide bonds. The minimum absolute atomic E-state index is 0.0316. The van der Waals surface area contributed by atoms with Crippen LogP contribution in [0.4, 0.5) is 4.39 Å². The van der Waals surface area contributed by atoms with Gasteiger partial charge in [0.2, 0.25) is 5.67 Å². The fraction of sp³-hybridized carbons (Fsp3) is 0.636. The Morgan fingerprint density at radius 2 is 1.90 bits per heavy atom. The molecule has 0 aliphatic heterocycles. The van der Waals surface area contributed by atoms with Crippen molar-refractivity contribution in [3.8, 4) is 0 Å². The Balaban J connectivity index is 1.48. The average Bonchev–Trinajstić information content (AvgIpc) is 3.24. The molecule has 3 saturated carbocycles. The summed E-state index contributed by atoms with van der Waals surface area (Å²) in [4.78, 5) is 24.6. The molecule has 9 heteroatoms. The summed E-state index contributed by atoms with van der Waals surface area (Å²) < 4.78 is 26.5. The molecule has 0 spiro atoms. The smallest absolute Gasteiger partial charge is 0.342 e. The molecular weight excluding hydrogens is 448 g/mol. The third-order valence-electron chi connectivity index (χ3n) is 7.09. The van der Waals surface area contributed by atoms with Gasteiger partial charge in [0, 0.05) is 11.8 Å². The van der Waals surface area contributed by atoms with Crippen molar-refractivity contribution in [3.05, 3.63) is 33.8 Å². The molecule has 3 fully saturated rings. The van der Waals surface area contributed by atoms with Gasteiger partial charge in [-0.1, -0.05) is 48.5 Å². The SMILES string of the molecule is N[C@]1(C(=O)OCC2CCCCC2)[C@H]2[C@@H](C[C@H]1OCc1ccc(Cl)c(Cl)c1)[C@]2(F)C(=O)O. The Labute approximate surface area is 190 Å². The molecular formula is C22H26Cl2FNO5. The van der Waals surface area contributed by atoms with E-state index in [9.17, 15) is 14.7 Å². The van der Waals surface area contributed by atoms with Crippen LogP contribution in [0.1, 0.15) is 44.1 Å². The first-order valence-electron chi connectivity index (χ1n) is 10.6. The van der Waals surface area contributed by atoms with Crippen molar-refractivity contribution in [2.24, 2.45) is 23.5 Å². The number of nitrogens with two attached hydrogens (primary N) is 1. The number of alkyl halides is 1. The number of carboxylic acid groups (broad SMARTS) is 1. The van der Waals surface area contributed by atoms with Gasteiger partial charge in [0.1, 0.15) is 5.54 Å². The van der Waals surface area contributed by atoms with Gasteiger partial charge in [0.25, 0.3) is 0 Å². The van der Waals surface area contributed by atoms with Crippen molar-refractivity contribution in [3.63, 3.8) is 0 Å². The predicted molar refractivity (Wildman–Crippen MR) is 113 cm³/mol. The summed E-state index contributed by atoms with van der Waals surface area (Å²) in [7, 11) is 0. The van der Waals surface area contributed by atoms with Crippen LogP contribution in [0.2, 0.25) is 10.0 Å². The lowest BCUT2D eigenvalue weighted by molar-refractivity contribution is -0.163. The van der Waals surface area contributed by atoms with E-state index in [1.54, 1.807) is 18.2 Å². The number of esters is 1. The van der Waals surface area contributed by atoms with E-state index in [-0.39, 0.29) is 25.6 Å². The van der Waals surface area contributed by atoms with Crippen LogP contribution in [0, 0.1) is 17.8 Å². The van der Waals surface area contributed by atoms with Gasteiger partial charge in [0.05, 0.1) is 29.4 Å². The van der Waals surface area contributed by atoms with Gasteiger partial charge in [-0.05, 0) is 42.9 Å². The molecule has 0 aromatic heterocycles. The number of fused-ring (bicyclic) bond motifs is 1. The highest BCUT2D eigenvalue weighted by Gasteiger charge is 2.85. The number of benzene rings is 1. The first-order chi connectivity index (χ1) is 14.7. The van der Waals surface area contributed by atoms with Gasteiger partial charge >= 0.3 is 11.9 Å². The summed E-state index contributed by atoms with van der Waals surface area (Å²) in [6.07, 6.45) is 4.45. The molecule has 5 atom stereocenters. The van der Waals surface area contributed by atoms with E-state index in [1.807, 2.05) is 0 Å². The Bertz CT molecular complexity index is 879. The molecule has 4 rings (SSSR count). The minimum atomic E-state index is -2.53. The Morgan fingerprint density at radius 1 is 1.19 bits per heavy atom. The number of carbonyl (C=O) groups excluding carboxylic acids is 1. The molecule has 0 bridgehead atoms. The van der Waals surface area contributed by atoms with Crippen LogP contribution in [-0.4, -0.2) is 41.0 Å². The van der Waals surface area contributed by atoms with E-state index in [1.165, 1.54) is 6.42 Å². The number of carbonyl (C=O) groups is 2. The van der Waals surface area contributed by atoms with Crippen LogP contribution in [0.25, 0.3) is 0 Å². The van der Waals surface area contributed by atoms with Crippen molar-refractivity contribution in [1.82, 2.24) is 0 Å². The zero-order valence-corrected chi connectivity index (χ0v) is 18.5. The van der Waals surface area contributed by atoms with Crippen molar-refractivity contribution >= 4 is 35.1 Å². The van der Waals surface area contributed by atoms with E-state index < -0.39 is 41.1 Å². The van der Waals surface area contributed by atoms with Crippen LogP contribution in [-0.2, 0) is 25.7 Å². The van der Waals surface area contributed by atoms with Gasteiger partial charge in [-0.25, -0.2) is 14.0 Å². The molecule has 3 N–H and O–H groups in total. The maximum absolute atomic E-state index is 15.0. The van der Waals surface area contributed by atoms with Crippen molar-refractivity contribution < 1.29 is 28.6 Å². The van der Waals surface area contributed by atoms with Crippen LogP contribution in [0.3, 0.4) is 0 Å². The highest BCUT2D eigenvalue weighted by Crippen LogP contribution is 2.67. The van der Waals surface area contributed by atoms with Crippen LogP contribution in [0.15, 0.2) is 18.2 Å². The minimum Gasteiger partial charge on any atom is -0.479 e. The number of aliphatic carboxylic acids is 1. The molecule has 1 aromatic rings. The first kappa shape index (κ1) is 22.8. The summed E-state index contributed by atoms with van der Waals surface area (Å²) in [5, 5.41) is 10.1. The zero-order valence-electron chi connectivity index (χ0n) is 17.0. The highest BCUT2D eigenvalue weighted by atomic mass is 35.5. The Morgan fingerprint density at radius 3 is 2.55 bits per heavy atom. The van der Waals surface area contributed by atoms with Crippen molar-refractivity contribution in [1.29, 1.82) is 0 Å². The summed E-state index contributed by atoms with van der Waals surface area (Å²) in [6, 6.07) is 4.98. The quantitative estimate of drug-likeness (QED) is 0.577. The first-order valence-corrected chi connectivity index (χ1v) is 11.4. The number of ether oxygens (including phenoxy) is 2. The summed E-state index contributed by atoms with van der Waals surface area (Å²) in [5.74, 6) is -4.18. The van der Waals surface area contributed by atoms with Crippen LogP contribution >= 0.6 is 23.2 Å². The second kappa shape index (κ2) is 8.50. The monoisotopic (exact) mass is 473 g/mol. The molecule has 0 radical (unpaired) electrons. The molecule has 0 saturated heterocycles. The lowest BCUT2D eigenvalue weighted by Crippen LogP contribution is -2.61. The Hall–Kier alpha value is -1.41. The van der Waals surface area contributed by atoms with Crippen molar-refractivity contribution in [2.75, 3.05) is 6.61 Å². The van der Waals surface area contributed by atoms with Crippen molar-refractivity contribution in [2.45, 2.75) is 62.4 Å². The number of halogens is 3. The molecule has 1 aromatic carbocycles. The molecule has 31 heavy (non-hydrogen) atoms. The molecule has 3 aliphatic rings. The fourth-order valence-electron chi connectivity index (χ4n) is 5.29. The number of rotatable bonds is 7. The third-order valence-corrected chi connectivity index (χ3v) is 7.83. The molecule has 0 heterocycles. The number of hydrogen-bond donors (Lipinski definition) is 2. The lowest BCUT2D eigenvalue weighted by Gasteiger charge is -2.34. The van der Waals surface area contributed by atoms with Crippen LogP contribution < -0.4 is 5.73 Å². The fourth-order valence-corrected chi connectivity index (χ4v) is 5.61. The maximum atomic E-state index is 15.0. The zero-order chi connectivity index (χ0) is 22.4. The second-order valence-electron chi connectivity index (χ2n) is 8.98. The summed E-state index contributed by atoms with van der Waals surface area (Å²) >= 11 is 12.0. The largest absolute Gasteiger partial charge is 0.479 e. The lowest BCUT2D eigenvalue weighted by atomic mass is 9.87. The molecule has 170 valence electrons. The van der Waals surface area contributed by atoms with E-state index >= 15 is 4.39 Å². The van der Waals surface area contributed by atoms with E-state index in [0.717, 1.165) is 25.7 Å². The van der Waals surface area contributed by atoms with Crippen LogP contribution in [0.5, 0.6) is 0 Å². The number of carboxylic acids is 1. The molecule has 0 unspecified atom stereocenters. The van der Waals surface area contributed by atoms with E-state index in [4.69, 9.17) is 38.4 Å². The van der Waals surface area contributed by atoms with E-state index in [0.29, 0.717) is 15.6 Å². The van der Waals surface area contributed by atoms with Gasteiger partial charge < -0.3 is 20.3 Å². The van der Waals surface area contributed by atoms with E-state index in [2.05, 4.69) is 0 Å². The molecule has 6 nitrogen and oxygen atoms in total. The number of hydrogen-bond acceptors (Lipinski definition) is 5. The highest BCUT2D eigenvalue weighted by molar-refractivity contribution is 6.42. The van der Waals surface area contributed by atoms with Gasteiger partial charge in [0.15, 0.2) is 0 Å². The van der Waals surface area contributed by atoms with Gasteiger partial charge in [-0.3, -0.25) is 0 Å². The second-order valence-corrected chi connectivity index (χ2v) is 9.79. The normalized spacial score (nSPS) is 34.9. The third kappa shape index (κ3) is 3.94. The summed E-state index contributed by atoms with van der Waals surface area (Å²) in [6.45, 7) is 0.281. The summed E-state index contributed by atoms with van der Waals surface area (Å²) in [5.41, 5.74) is 2.75. The average molecular weight is 474 g/mol. The topological polar surface area (TPSA) is 98.9 Å². The van der Waals surface area contributed by atoms with Gasteiger partial charge in [-0.2, -0.15) is 0 Å². The molecule has 3 aliphatic carbocycles. The van der Waals surface area contributed by atoms with Gasteiger partial charge in [-0.15, -0.1) is 0 Å². The maximum Gasteiger partial charge on any atom is 0.342 e. The Kier molecular flexibility index (Phi) is 6.25. The predicted octanol–water partition coefficient (Wildman–Crippen LogP) is 4.14.